The normalized spacial score (nSPS) is 13.4. The van der Waals surface area contributed by atoms with E-state index < -0.39 is 36.0 Å². The summed E-state index contributed by atoms with van der Waals surface area (Å²) in [4.78, 5) is 54.6. The van der Waals surface area contributed by atoms with Crippen LogP contribution in [-0.4, -0.2) is 60.6 Å². The summed E-state index contributed by atoms with van der Waals surface area (Å²) >= 11 is 0. The summed E-state index contributed by atoms with van der Waals surface area (Å²) in [7, 11) is 1.66. The Morgan fingerprint density at radius 1 is 0.973 bits per heavy atom. The van der Waals surface area contributed by atoms with Crippen molar-refractivity contribution in [3.05, 3.63) is 29.8 Å². The van der Waals surface area contributed by atoms with Crippen LogP contribution >= 0.6 is 0 Å². The number of primary amides is 1. The first-order valence-corrected chi connectivity index (χ1v) is 12.5. The van der Waals surface area contributed by atoms with Crippen molar-refractivity contribution in [1.82, 2.24) is 21.4 Å². The number of rotatable bonds is 17. The van der Waals surface area contributed by atoms with Gasteiger partial charge in [-0.05, 0) is 56.2 Å². The fraction of sp³-hybridized carbons (Fsp3) is 0.600. The maximum absolute atomic E-state index is 13.1. The van der Waals surface area contributed by atoms with E-state index in [9.17, 15) is 24.3 Å². The molecule has 0 heterocycles. The molecule has 12 nitrogen and oxygen atoms in total. The van der Waals surface area contributed by atoms with E-state index in [1.807, 2.05) is 0 Å². The summed E-state index contributed by atoms with van der Waals surface area (Å²) in [5.41, 5.74) is 9.13. The van der Waals surface area contributed by atoms with E-state index in [1.165, 1.54) is 0 Å². The van der Waals surface area contributed by atoms with Gasteiger partial charge in [-0.2, -0.15) is 0 Å². The number of carbonyl (C=O) groups is 4. The van der Waals surface area contributed by atoms with Crippen LogP contribution in [0.4, 0.5) is 10.5 Å². The van der Waals surface area contributed by atoms with Gasteiger partial charge in [-0.1, -0.05) is 26.0 Å². The topological polar surface area (TPSA) is 184 Å². The summed E-state index contributed by atoms with van der Waals surface area (Å²) in [5, 5.41) is 20.1. The van der Waals surface area contributed by atoms with Gasteiger partial charge in [0, 0.05) is 25.7 Å². The maximum atomic E-state index is 13.1. The SMILES string of the molecule is CNOCc1ccc(NC(=O)[C@@H](CCCNC(N)=O)NC(=O)[C@H](NC(=O)CCCC(C)O)C(C)C)cc1. The first-order chi connectivity index (χ1) is 17.5. The molecular weight excluding hydrogens is 480 g/mol. The van der Waals surface area contributed by atoms with E-state index in [4.69, 9.17) is 10.6 Å². The molecule has 0 aromatic heterocycles. The van der Waals surface area contributed by atoms with Gasteiger partial charge in [-0.3, -0.25) is 19.2 Å². The largest absolute Gasteiger partial charge is 0.393 e. The predicted octanol–water partition coefficient (Wildman–Crippen LogP) is 0.901. The highest BCUT2D eigenvalue weighted by Gasteiger charge is 2.28. The minimum absolute atomic E-state index is 0.180. The molecule has 0 saturated heterocycles. The molecule has 12 heteroatoms. The molecule has 37 heavy (non-hydrogen) atoms. The Hall–Kier alpha value is -3.22. The van der Waals surface area contributed by atoms with Gasteiger partial charge in [0.05, 0.1) is 12.7 Å². The summed E-state index contributed by atoms with van der Waals surface area (Å²) in [5.74, 6) is -1.45. The molecule has 1 aromatic carbocycles. The molecule has 1 aromatic rings. The number of hydroxylamine groups is 1. The van der Waals surface area contributed by atoms with E-state index >= 15 is 0 Å². The Kier molecular flexibility index (Phi) is 14.8. The Balaban J connectivity index is 2.86. The van der Waals surface area contributed by atoms with Crippen molar-refractivity contribution >= 4 is 29.4 Å². The van der Waals surface area contributed by atoms with Gasteiger partial charge in [-0.25, -0.2) is 10.3 Å². The second-order valence-corrected chi connectivity index (χ2v) is 9.20. The standard InChI is InChI=1S/C25H42N6O6/c1-16(2)22(31-21(33)9-5-7-17(3)32)24(35)30-20(8-6-14-28-25(26)36)23(34)29-19-12-10-18(11-13-19)15-37-27-4/h10-13,16-17,20,22,27,32H,5-9,14-15H2,1-4H3,(H,29,34)(H,30,35)(H,31,33)(H3,26,28,36)/t17?,20-,22-/m1/s1. The molecule has 208 valence electrons. The number of aliphatic hydroxyl groups is 1. The second-order valence-electron chi connectivity index (χ2n) is 9.20. The number of nitrogens with one attached hydrogen (secondary N) is 5. The number of hydrogen-bond acceptors (Lipinski definition) is 7. The molecule has 3 atom stereocenters. The molecule has 0 bridgehead atoms. The zero-order valence-corrected chi connectivity index (χ0v) is 22.1. The van der Waals surface area contributed by atoms with E-state index in [0.29, 0.717) is 31.6 Å². The summed E-state index contributed by atoms with van der Waals surface area (Å²) in [6.45, 7) is 5.84. The van der Waals surface area contributed by atoms with Crippen molar-refractivity contribution in [2.75, 3.05) is 18.9 Å². The van der Waals surface area contributed by atoms with Crippen molar-refractivity contribution in [2.45, 2.75) is 77.7 Å². The molecule has 5 amide bonds. The third-order valence-corrected chi connectivity index (χ3v) is 5.50. The van der Waals surface area contributed by atoms with Crippen LogP contribution in [0.5, 0.6) is 0 Å². The van der Waals surface area contributed by atoms with E-state index in [2.05, 4.69) is 26.7 Å². The molecule has 1 rings (SSSR count). The number of hydrogen-bond donors (Lipinski definition) is 7. The third-order valence-electron chi connectivity index (χ3n) is 5.50. The molecule has 0 saturated carbocycles. The lowest BCUT2D eigenvalue weighted by molar-refractivity contribution is -0.132. The summed E-state index contributed by atoms with van der Waals surface area (Å²) in [6.07, 6.45) is 1.28. The van der Waals surface area contributed by atoms with Crippen LogP contribution in [0.3, 0.4) is 0 Å². The van der Waals surface area contributed by atoms with Crippen LogP contribution in [0.15, 0.2) is 24.3 Å². The van der Waals surface area contributed by atoms with E-state index in [-0.39, 0.29) is 31.2 Å². The summed E-state index contributed by atoms with van der Waals surface area (Å²) in [6, 6.07) is 4.63. The van der Waals surface area contributed by atoms with Crippen molar-refractivity contribution in [1.29, 1.82) is 0 Å². The van der Waals surface area contributed by atoms with Gasteiger partial charge in [0.1, 0.15) is 12.1 Å². The minimum Gasteiger partial charge on any atom is -0.393 e. The Bertz CT molecular complexity index is 862. The summed E-state index contributed by atoms with van der Waals surface area (Å²) < 4.78 is 0. The van der Waals surface area contributed by atoms with Gasteiger partial charge < -0.3 is 32.1 Å². The number of carbonyl (C=O) groups excluding carboxylic acids is 4. The fourth-order valence-electron chi connectivity index (χ4n) is 3.46. The van der Waals surface area contributed by atoms with Gasteiger partial charge in [-0.15, -0.1) is 0 Å². The fourth-order valence-corrected chi connectivity index (χ4v) is 3.46. The monoisotopic (exact) mass is 522 g/mol. The lowest BCUT2D eigenvalue weighted by atomic mass is 10.0. The average Bonchev–Trinajstić information content (AvgIpc) is 2.83. The van der Waals surface area contributed by atoms with Crippen LogP contribution < -0.4 is 32.5 Å². The second kappa shape index (κ2) is 17.3. The number of benzene rings is 1. The van der Waals surface area contributed by atoms with Gasteiger partial charge in [0.15, 0.2) is 0 Å². The van der Waals surface area contributed by atoms with Crippen molar-refractivity contribution in [3.8, 4) is 0 Å². The highest BCUT2D eigenvalue weighted by molar-refractivity contribution is 5.98. The van der Waals surface area contributed by atoms with Crippen LogP contribution in [0, 0.1) is 5.92 Å². The quantitative estimate of drug-likeness (QED) is 0.117. The van der Waals surface area contributed by atoms with Crippen molar-refractivity contribution in [3.63, 3.8) is 0 Å². The first kappa shape index (κ1) is 31.8. The molecule has 8 N–H and O–H groups in total. The van der Waals surface area contributed by atoms with Crippen LogP contribution in [0.1, 0.15) is 58.4 Å². The van der Waals surface area contributed by atoms with Gasteiger partial charge in [0.25, 0.3) is 0 Å². The molecular formula is C25H42N6O6. The zero-order chi connectivity index (χ0) is 27.8. The van der Waals surface area contributed by atoms with E-state index in [0.717, 1.165) is 5.56 Å². The molecule has 1 unspecified atom stereocenters. The molecule has 0 radical (unpaired) electrons. The molecule has 0 aliphatic carbocycles. The molecule has 0 fully saturated rings. The lowest BCUT2D eigenvalue weighted by Gasteiger charge is -2.25. The lowest BCUT2D eigenvalue weighted by Crippen LogP contribution is -2.54. The first-order valence-electron chi connectivity index (χ1n) is 12.5. The minimum atomic E-state index is -0.914. The molecule has 0 aliphatic heterocycles. The maximum Gasteiger partial charge on any atom is 0.312 e. The third kappa shape index (κ3) is 13.6. The number of anilines is 1. The van der Waals surface area contributed by atoms with E-state index in [1.54, 1.807) is 52.1 Å². The number of aliphatic hydroxyl groups excluding tert-OH is 1. The highest BCUT2D eigenvalue weighted by Crippen LogP contribution is 2.12. The smallest absolute Gasteiger partial charge is 0.312 e. The highest BCUT2D eigenvalue weighted by atomic mass is 16.6. The number of urea groups is 1. The van der Waals surface area contributed by atoms with Crippen LogP contribution in [0.25, 0.3) is 0 Å². The van der Waals surface area contributed by atoms with Gasteiger partial charge >= 0.3 is 6.03 Å². The van der Waals surface area contributed by atoms with Gasteiger partial charge in [0.2, 0.25) is 17.7 Å². The Labute approximate surface area is 218 Å². The zero-order valence-electron chi connectivity index (χ0n) is 22.1. The van der Waals surface area contributed by atoms with Crippen molar-refractivity contribution < 1.29 is 29.1 Å². The Morgan fingerprint density at radius 2 is 1.65 bits per heavy atom. The van der Waals surface area contributed by atoms with Crippen LogP contribution in [0.2, 0.25) is 0 Å². The number of nitrogens with two attached hydrogens (primary N) is 1. The number of amides is 5. The average molecular weight is 523 g/mol. The molecule has 0 spiro atoms. The van der Waals surface area contributed by atoms with Crippen LogP contribution in [-0.2, 0) is 25.8 Å². The van der Waals surface area contributed by atoms with Crippen molar-refractivity contribution in [2.24, 2.45) is 11.7 Å². The Morgan fingerprint density at radius 3 is 2.22 bits per heavy atom. The predicted molar refractivity (Wildman–Crippen MR) is 140 cm³/mol. The molecule has 0 aliphatic rings.